The van der Waals surface area contributed by atoms with Gasteiger partial charge in [-0.2, -0.15) is 0 Å². The highest BCUT2D eigenvalue weighted by molar-refractivity contribution is 6.12. The molecule has 8 nitrogen and oxygen atoms in total. The summed E-state index contributed by atoms with van der Waals surface area (Å²) >= 11 is 0. The highest BCUT2D eigenvalue weighted by atomic mass is 16.2. The number of nitrogens with one attached hydrogen (secondary N) is 3. The Morgan fingerprint density at radius 2 is 1.84 bits per heavy atom. The number of hydrogen-bond donors (Lipinski definition) is 3. The van der Waals surface area contributed by atoms with Crippen LogP contribution in [0, 0.1) is 6.92 Å². The van der Waals surface area contributed by atoms with E-state index in [2.05, 4.69) is 20.7 Å². The van der Waals surface area contributed by atoms with Crippen LogP contribution in [0.2, 0.25) is 0 Å². The minimum Gasteiger partial charge on any atom is -0.326 e. The molecule has 2 aromatic heterocycles. The van der Waals surface area contributed by atoms with Gasteiger partial charge in [-0.25, -0.2) is 4.98 Å². The van der Waals surface area contributed by atoms with Crippen molar-refractivity contribution in [3.05, 3.63) is 51.9 Å². The lowest BCUT2D eigenvalue weighted by Crippen LogP contribution is -2.16. The maximum Gasteiger partial charge on any atom is 0.274 e. The first-order valence-electron chi connectivity index (χ1n) is 7.60. The maximum absolute atomic E-state index is 12.7. The molecular formula is C17H17N5O3. The molecule has 0 atom stereocenters. The van der Waals surface area contributed by atoms with Gasteiger partial charge in [0.15, 0.2) is 5.65 Å². The van der Waals surface area contributed by atoms with Crippen LogP contribution in [0.25, 0.3) is 11.0 Å². The molecule has 8 heteroatoms. The molecule has 25 heavy (non-hydrogen) atoms. The van der Waals surface area contributed by atoms with Gasteiger partial charge in [-0.1, -0.05) is 6.07 Å². The first-order chi connectivity index (χ1) is 11.8. The van der Waals surface area contributed by atoms with Gasteiger partial charge >= 0.3 is 0 Å². The number of pyridine rings is 1. The van der Waals surface area contributed by atoms with E-state index in [9.17, 15) is 14.4 Å². The molecule has 0 aliphatic rings. The Balaban J connectivity index is 1.98. The Morgan fingerprint density at radius 3 is 2.52 bits per heavy atom. The highest BCUT2D eigenvalue weighted by Gasteiger charge is 2.18. The molecule has 0 radical (unpaired) electrons. The lowest BCUT2D eigenvalue weighted by molar-refractivity contribution is -0.114. The molecule has 3 N–H and O–H groups in total. The second-order valence-corrected chi connectivity index (χ2v) is 5.73. The molecule has 0 saturated carbocycles. The van der Waals surface area contributed by atoms with E-state index in [1.807, 2.05) is 0 Å². The van der Waals surface area contributed by atoms with Crippen molar-refractivity contribution in [3.63, 3.8) is 0 Å². The lowest BCUT2D eigenvalue weighted by Gasteiger charge is -2.09. The van der Waals surface area contributed by atoms with Gasteiger partial charge in [0.1, 0.15) is 0 Å². The van der Waals surface area contributed by atoms with Crippen LogP contribution in [0.1, 0.15) is 23.0 Å². The van der Waals surface area contributed by atoms with Crippen molar-refractivity contribution in [2.24, 2.45) is 7.05 Å². The SMILES string of the molecule is CC(=O)Nc1cccc(NC(=O)c2cc(C)nc3c2c(=O)[nH]n3C)c1. The minimum absolute atomic E-state index is 0.203. The maximum atomic E-state index is 12.7. The van der Waals surface area contributed by atoms with Crippen LogP contribution >= 0.6 is 0 Å². The Morgan fingerprint density at radius 1 is 1.16 bits per heavy atom. The number of nitrogens with zero attached hydrogens (tertiary/aromatic N) is 2. The van der Waals surface area contributed by atoms with Gasteiger partial charge < -0.3 is 10.6 Å². The standard InChI is InChI=1S/C17H17N5O3/c1-9-7-13(14-15(18-9)22(3)21-17(14)25)16(24)20-12-6-4-5-11(8-12)19-10(2)23/h4-8H,1-3H3,(H,19,23)(H,20,24)(H,21,25). The summed E-state index contributed by atoms with van der Waals surface area (Å²) in [5.74, 6) is -0.627. The van der Waals surface area contributed by atoms with Crippen LogP contribution in [0.4, 0.5) is 11.4 Å². The number of fused-ring (bicyclic) bond motifs is 1. The Hall–Kier alpha value is -3.42. The fourth-order valence-corrected chi connectivity index (χ4v) is 2.64. The van der Waals surface area contributed by atoms with Gasteiger partial charge in [-0.3, -0.25) is 24.2 Å². The van der Waals surface area contributed by atoms with Crippen molar-refractivity contribution >= 4 is 34.2 Å². The second-order valence-electron chi connectivity index (χ2n) is 5.73. The summed E-state index contributed by atoms with van der Waals surface area (Å²) < 4.78 is 1.48. The normalized spacial score (nSPS) is 10.7. The smallest absolute Gasteiger partial charge is 0.274 e. The highest BCUT2D eigenvalue weighted by Crippen LogP contribution is 2.19. The number of benzene rings is 1. The fraction of sp³-hybridized carbons (Fsp3) is 0.176. The van der Waals surface area contributed by atoms with Crippen molar-refractivity contribution in [3.8, 4) is 0 Å². The first-order valence-corrected chi connectivity index (χ1v) is 7.60. The molecular weight excluding hydrogens is 322 g/mol. The average molecular weight is 339 g/mol. The number of rotatable bonds is 3. The van der Waals surface area contributed by atoms with E-state index >= 15 is 0 Å². The average Bonchev–Trinajstić information content (AvgIpc) is 2.80. The van der Waals surface area contributed by atoms with Crippen LogP contribution < -0.4 is 16.2 Å². The summed E-state index contributed by atoms with van der Waals surface area (Å²) in [4.78, 5) is 40.3. The van der Waals surface area contributed by atoms with Crippen LogP contribution in [0.3, 0.4) is 0 Å². The lowest BCUT2D eigenvalue weighted by atomic mass is 10.1. The Bertz CT molecular complexity index is 1050. The molecule has 0 aliphatic carbocycles. The van der Waals surface area contributed by atoms with E-state index in [0.717, 1.165) is 0 Å². The number of anilines is 2. The number of aryl methyl sites for hydroxylation is 2. The molecule has 3 rings (SSSR count). The van der Waals surface area contributed by atoms with E-state index in [4.69, 9.17) is 0 Å². The number of amides is 2. The van der Waals surface area contributed by atoms with Crippen molar-refractivity contribution < 1.29 is 9.59 Å². The zero-order chi connectivity index (χ0) is 18.1. The quantitative estimate of drug-likeness (QED) is 0.676. The van der Waals surface area contributed by atoms with Crippen LogP contribution in [0.15, 0.2) is 35.1 Å². The van der Waals surface area contributed by atoms with E-state index in [-0.39, 0.29) is 22.4 Å². The van der Waals surface area contributed by atoms with Crippen molar-refractivity contribution in [1.82, 2.24) is 14.8 Å². The predicted octanol–water partition coefficient (Wildman–Crippen LogP) is 1.78. The summed E-state index contributed by atoms with van der Waals surface area (Å²) in [7, 11) is 1.66. The minimum atomic E-state index is -0.424. The molecule has 2 amide bonds. The van der Waals surface area contributed by atoms with E-state index in [1.165, 1.54) is 11.6 Å². The summed E-state index contributed by atoms with van der Waals surface area (Å²) in [6, 6.07) is 8.34. The number of carbonyl (C=O) groups excluding carboxylic acids is 2. The molecule has 0 spiro atoms. The third-order valence-corrected chi connectivity index (χ3v) is 3.63. The molecule has 0 saturated heterocycles. The summed E-state index contributed by atoms with van der Waals surface area (Å²) in [6.45, 7) is 3.16. The largest absolute Gasteiger partial charge is 0.326 e. The molecule has 128 valence electrons. The zero-order valence-corrected chi connectivity index (χ0v) is 14.0. The van der Waals surface area contributed by atoms with Crippen LogP contribution in [0.5, 0.6) is 0 Å². The summed E-state index contributed by atoms with van der Waals surface area (Å²) in [5, 5.41) is 8.24. The third kappa shape index (κ3) is 3.27. The van der Waals surface area contributed by atoms with Gasteiger partial charge in [0, 0.05) is 31.0 Å². The van der Waals surface area contributed by atoms with Crippen LogP contribution in [-0.2, 0) is 11.8 Å². The molecule has 3 aromatic rings. The summed E-state index contributed by atoms with van der Waals surface area (Å²) in [6.07, 6.45) is 0. The number of aromatic amines is 1. The van der Waals surface area contributed by atoms with Crippen molar-refractivity contribution in [2.75, 3.05) is 10.6 Å². The van der Waals surface area contributed by atoms with Crippen molar-refractivity contribution in [2.45, 2.75) is 13.8 Å². The predicted molar refractivity (Wildman–Crippen MR) is 94.8 cm³/mol. The molecule has 2 heterocycles. The van der Waals surface area contributed by atoms with Crippen LogP contribution in [-0.4, -0.2) is 26.6 Å². The number of H-pyrrole nitrogens is 1. The zero-order valence-electron chi connectivity index (χ0n) is 14.0. The molecule has 0 fully saturated rings. The first kappa shape index (κ1) is 16.4. The molecule has 0 aliphatic heterocycles. The van der Waals surface area contributed by atoms with Gasteiger partial charge in [0.2, 0.25) is 5.91 Å². The number of carbonyl (C=O) groups is 2. The topological polar surface area (TPSA) is 109 Å². The molecule has 0 unspecified atom stereocenters. The van der Waals surface area contributed by atoms with E-state index in [1.54, 1.807) is 44.3 Å². The number of hydrogen-bond acceptors (Lipinski definition) is 4. The molecule has 0 bridgehead atoms. The Kier molecular flexibility index (Phi) is 4.10. The fourth-order valence-electron chi connectivity index (χ4n) is 2.64. The monoisotopic (exact) mass is 339 g/mol. The van der Waals surface area contributed by atoms with E-state index < -0.39 is 5.91 Å². The van der Waals surface area contributed by atoms with Gasteiger partial charge in [-0.05, 0) is 31.2 Å². The summed E-state index contributed by atoms with van der Waals surface area (Å²) in [5.41, 5.74) is 1.99. The van der Waals surface area contributed by atoms with Crippen molar-refractivity contribution in [1.29, 1.82) is 0 Å². The Labute approximate surface area is 142 Å². The van der Waals surface area contributed by atoms with Gasteiger partial charge in [0.25, 0.3) is 11.5 Å². The van der Waals surface area contributed by atoms with Gasteiger partial charge in [0.05, 0.1) is 10.9 Å². The third-order valence-electron chi connectivity index (χ3n) is 3.63. The van der Waals surface area contributed by atoms with Gasteiger partial charge in [-0.15, -0.1) is 0 Å². The van der Waals surface area contributed by atoms with E-state index in [0.29, 0.717) is 22.7 Å². The number of aromatic nitrogens is 3. The molecule has 1 aromatic carbocycles. The second kappa shape index (κ2) is 6.23.